The summed E-state index contributed by atoms with van der Waals surface area (Å²) in [4.78, 5) is 14.8. The van der Waals surface area contributed by atoms with Gasteiger partial charge in [0.05, 0.1) is 0 Å². The smallest absolute Gasteiger partial charge is 0.409 e. The highest BCUT2D eigenvalue weighted by atomic mass is 16.6. The molecule has 0 heterocycles. The first-order valence-corrected chi connectivity index (χ1v) is 4.32. The van der Waals surface area contributed by atoms with E-state index in [1.807, 2.05) is 6.92 Å². The molecule has 0 saturated carbocycles. The number of aliphatic imine (C=N–C) groups is 1. The van der Waals surface area contributed by atoms with Gasteiger partial charge in [0.2, 0.25) is 0 Å². The quantitative estimate of drug-likeness (QED) is 0.392. The van der Waals surface area contributed by atoms with E-state index in [4.69, 9.17) is 4.74 Å². The molecule has 0 N–H and O–H groups in total. The van der Waals surface area contributed by atoms with Crippen LogP contribution < -0.4 is 0 Å². The average molecular weight is 193 g/mol. The van der Waals surface area contributed by atoms with Gasteiger partial charge in [-0.2, -0.15) is 4.99 Å². The minimum atomic E-state index is -0.631. The number of amides is 1. The summed E-state index contributed by atoms with van der Waals surface area (Å²) >= 11 is 0. The molecule has 76 valence electrons. The number of carbonyl (C=O) groups excluding carboxylic acids is 1. The predicted octanol–water partition coefficient (Wildman–Crippen LogP) is 3.25. The lowest BCUT2D eigenvalue weighted by molar-refractivity contribution is 0.190. The molecule has 0 fully saturated rings. The van der Waals surface area contributed by atoms with E-state index < -0.39 is 6.09 Å². The van der Waals surface area contributed by atoms with Crippen molar-refractivity contribution >= 4 is 11.8 Å². The van der Waals surface area contributed by atoms with Crippen molar-refractivity contribution in [3.05, 3.63) is 36.6 Å². The molecule has 0 spiro atoms. The van der Waals surface area contributed by atoms with Crippen LogP contribution in [0.4, 0.5) is 4.79 Å². The maximum absolute atomic E-state index is 11.1. The number of carbonyl (C=O) groups is 1. The second-order valence-electron chi connectivity index (χ2n) is 2.52. The molecule has 0 aliphatic carbocycles. The van der Waals surface area contributed by atoms with Crippen LogP contribution in [-0.2, 0) is 4.74 Å². The summed E-state index contributed by atoms with van der Waals surface area (Å²) in [6.07, 6.45) is 6.03. The fraction of sp³-hybridized carbons (Fsp3) is 0.273. The summed E-state index contributed by atoms with van der Waals surface area (Å²) in [6.45, 7) is 8.79. The van der Waals surface area contributed by atoms with Crippen LogP contribution in [0.1, 0.15) is 20.8 Å². The van der Waals surface area contributed by atoms with Gasteiger partial charge in [-0.1, -0.05) is 12.7 Å². The van der Waals surface area contributed by atoms with Gasteiger partial charge in [-0.05, 0) is 39.0 Å². The molecule has 1 amide bonds. The van der Waals surface area contributed by atoms with E-state index >= 15 is 0 Å². The third kappa shape index (κ3) is 5.09. The van der Waals surface area contributed by atoms with Crippen LogP contribution >= 0.6 is 0 Å². The summed E-state index contributed by atoms with van der Waals surface area (Å²) in [6, 6.07) is 0. The minimum absolute atomic E-state index is 0.484. The second kappa shape index (κ2) is 6.83. The van der Waals surface area contributed by atoms with Crippen LogP contribution in [-0.4, -0.2) is 11.8 Å². The van der Waals surface area contributed by atoms with E-state index in [2.05, 4.69) is 11.6 Å². The fourth-order valence-corrected chi connectivity index (χ4v) is 0.667. The first kappa shape index (κ1) is 12.4. The second-order valence-corrected chi connectivity index (χ2v) is 2.52. The van der Waals surface area contributed by atoms with Gasteiger partial charge >= 0.3 is 6.09 Å². The Morgan fingerprint density at radius 2 is 2.07 bits per heavy atom. The van der Waals surface area contributed by atoms with Crippen molar-refractivity contribution in [1.82, 2.24) is 0 Å². The van der Waals surface area contributed by atoms with Crippen molar-refractivity contribution in [1.29, 1.82) is 0 Å². The highest BCUT2D eigenvalue weighted by Gasteiger charge is 2.01. The van der Waals surface area contributed by atoms with Crippen molar-refractivity contribution in [3.63, 3.8) is 0 Å². The number of nitrogens with zero attached hydrogens (tertiary/aromatic N) is 1. The molecule has 0 saturated heterocycles. The summed E-state index contributed by atoms with van der Waals surface area (Å²) in [5.74, 6) is 0.484. The third-order valence-electron chi connectivity index (χ3n) is 1.38. The highest BCUT2D eigenvalue weighted by molar-refractivity contribution is 5.98. The van der Waals surface area contributed by atoms with Crippen LogP contribution in [0.25, 0.3) is 0 Å². The Labute approximate surface area is 84.5 Å². The molecule has 0 aromatic heterocycles. The zero-order valence-electron chi connectivity index (χ0n) is 8.78. The minimum Gasteiger partial charge on any atom is -0.409 e. The monoisotopic (exact) mass is 193 g/mol. The Hall–Kier alpha value is -1.64. The Bertz CT molecular complexity index is 298. The topological polar surface area (TPSA) is 38.7 Å². The lowest BCUT2D eigenvalue weighted by atomic mass is 10.4. The largest absolute Gasteiger partial charge is 0.439 e. The van der Waals surface area contributed by atoms with Crippen LogP contribution in [0, 0.1) is 0 Å². The van der Waals surface area contributed by atoms with Crippen molar-refractivity contribution in [2.45, 2.75) is 20.8 Å². The van der Waals surface area contributed by atoms with Gasteiger partial charge in [0.1, 0.15) is 5.76 Å². The Morgan fingerprint density at radius 1 is 1.43 bits per heavy atom. The molecule has 0 aromatic carbocycles. The lowest BCUT2D eigenvalue weighted by Gasteiger charge is -2.00. The van der Waals surface area contributed by atoms with Crippen LogP contribution in [0.2, 0.25) is 0 Å². The maximum atomic E-state index is 11.1. The van der Waals surface area contributed by atoms with E-state index in [9.17, 15) is 4.79 Å². The molecule has 0 aliphatic heterocycles. The van der Waals surface area contributed by atoms with E-state index in [1.54, 1.807) is 32.1 Å². The van der Waals surface area contributed by atoms with Crippen molar-refractivity contribution < 1.29 is 9.53 Å². The molecule has 3 nitrogen and oxygen atoms in total. The van der Waals surface area contributed by atoms with E-state index in [-0.39, 0.29) is 0 Å². The number of allylic oxidation sites excluding steroid dienone is 4. The van der Waals surface area contributed by atoms with Crippen LogP contribution in [0.5, 0.6) is 0 Å². The van der Waals surface area contributed by atoms with Crippen LogP contribution in [0.15, 0.2) is 41.6 Å². The molecule has 14 heavy (non-hydrogen) atoms. The Kier molecular flexibility index (Phi) is 6.03. The SMILES string of the molecule is C=CC(C)=NC(=O)OC(C=CC)=CC. The fourth-order valence-electron chi connectivity index (χ4n) is 0.667. The van der Waals surface area contributed by atoms with Gasteiger partial charge in [-0.15, -0.1) is 0 Å². The highest BCUT2D eigenvalue weighted by Crippen LogP contribution is 2.01. The molecular formula is C11H15NO2. The zero-order valence-corrected chi connectivity index (χ0v) is 8.78. The van der Waals surface area contributed by atoms with Gasteiger partial charge in [-0.3, -0.25) is 0 Å². The Balaban J connectivity index is 4.39. The van der Waals surface area contributed by atoms with Gasteiger partial charge in [0.25, 0.3) is 0 Å². The van der Waals surface area contributed by atoms with Gasteiger partial charge in [-0.25, -0.2) is 4.79 Å². The summed E-state index contributed by atoms with van der Waals surface area (Å²) < 4.78 is 4.91. The first-order chi connectivity index (χ1) is 6.63. The first-order valence-electron chi connectivity index (χ1n) is 4.32. The number of hydrogen-bond donors (Lipinski definition) is 0. The van der Waals surface area contributed by atoms with Gasteiger partial charge in [0.15, 0.2) is 0 Å². The Morgan fingerprint density at radius 3 is 2.50 bits per heavy atom. The predicted molar refractivity (Wildman–Crippen MR) is 58.4 cm³/mol. The molecule has 0 unspecified atom stereocenters. The van der Waals surface area contributed by atoms with Gasteiger partial charge in [0, 0.05) is 5.71 Å². The maximum Gasteiger partial charge on any atom is 0.439 e. The standard InChI is InChI=1S/C11H15NO2/c1-5-8-10(7-3)14-11(13)12-9(4)6-2/h5-8H,2H2,1,3-4H3. The van der Waals surface area contributed by atoms with Crippen molar-refractivity contribution in [2.24, 2.45) is 4.99 Å². The summed E-state index contributed by atoms with van der Waals surface area (Å²) in [5.41, 5.74) is 0.533. The number of rotatable bonds is 3. The van der Waals surface area contributed by atoms with E-state index in [0.717, 1.165) is 0 Å². The molecule has 0 aromatic rings. The van der Waals surface area contributed by atoms with Crippen molar-refractivity contribution in [3.8, 4) is 0 Å². The van der Waals surface area contributed by atoms with Crippen LogP contribution in [0.3, 0.4) is 0 Å². The van der Waals surface area contributed by atoms with Crippen molar-refractivity contribution in [2.75, 3.05) is 0 Å². The molecule has 0 radical (unpaired) electrons. The zero-order chi connectivity index (χ0) is 11.0. The normalized spacial score (nSPS) is 13.1. The lowest BCUT2D eigenvalue weighted by Crippen LogP contribution is -2.00. The van der Waals surface area contributed by atoms with E-state index in [1.165, 1.54) is 6.08 Å². The molecule has 3 heteroatoms. The number of hydrogen-bond acceptors (Lipinski definition) is 2. The van der Waals surface area contributed by atoms with Gasteiger partial charge < -0.3 is 4.74 Å². The third-order valence-corrected chi connectivity index (χ3v) is 1.38. The molecule has 0 rings (SSSR count). The number of ether oxygens (including phenoxy) is 1. The molecule has 0 aliphatic rings. The molecular weight excluding hydrogens is 178 g/mol. The summed E-state index contributed by atoms with van der Waals surface area (Å²) in [5, 5.41) is 0. The summed E-state index contributed by atoms with van der Waals surface area (Å²) in [7, 11) is 0. The molecule has 0 bridgehead atoms. The average Bonchev–Trinajstić information content (AvgIpc) is 2.16. The van der Waals surface area contributed by atoms with E-state index in [0.29, 0.717) is 11.5 Å². The molecule has 0 atom stereocenters.